The van der Waals surface area contributed by atoms with Crippen molar-refractivity contribution in [2.24, 2.45) is 0 Å². The van der Waals surface area contributed by atoms with Crippen LogP contribution in [-0.4, -0.2) is 76.7 Å². The topological polar surface area (TPSA) is 79.4 Å². The fourth-order valence-corrected chi connectivity index (χ4v) is 3.51. The molecule has 2 heterocycles. The molecule has 1 aromatic carbocycles. The maximum Gasteiger partial charge on any atom is 0.410 e. The molecule has 0 radical (unpaired) electrons. The summed E-state index contributed by atoms with van der Waals surface area (Å²) < 4.78 is 11.0. The smallest absolute Gasteiger partial charge is 0.410 e. The third-order valence-corrected chi connectivity index (χ3v) is 5.26. The van der Waals surface area contributed by atoms with Crippen LogP contribution < -0.4 is 0 Å². The minimum absolute atomic E-state index is 0.0891. The van der Waals surface area contributed by atoms with Crippen molar-refractivity contribution < 1.29 is 23.9 Å². The van der Waals surface area contributed by atoms with Crippen molar-refractivity contribution in [1.82, 2.24) is 14.7 Å². The Labute approximate surface area is 177 Å². The molecule has 164 valence electrons. The third kappa shape index (κ3) is 5.23. The molecule has 2 atom stereocenters. The minimum atomic E-state index is -0.780. The number of hydrogen-bond donors (Lipinski definition) is 0. The Balaban J connectivity index is 1.73. The second-order valence-electron chi connectivity index (χ2n) is 8.87. The number of carbonyl (C=O) groups excluding carboxylic acids is 3. The lowest BCUT2D eigenvalue weighted by molar-refractivity contribution is -0.143. The SMILES string of the molecule is C[C@@H]1CN(C(=O)OCc2ccccc2)[C@@H](C(=O)N2CCC2)CN1C(=O)OC(C)(C)C. The lowest BCUT2D eigenvalue weighted by Gasteiger charge is -2.46. The first-order valence-corrected chi connectivity index (χ1v) is 10.4. The van der Waals surface area contributed by atoms with Crippen molar-refractivity contribution in [1.29, 1.82) is 0 Å². The molecule has 2 fully saturated rings. The average Bonchev–Trinajstić information content (AvgIpc) is 2.63. The summed E-state index contributed by atoms with van der Waals surface area (Å²) >= 11 is 0. The summed E-state index contributed by atoms with van der Waals surface area (Å²) in [5.41, 5.74) is 0.233. The lowest BCUT2D eigenvalue weighted by atomic mass is 10.1. The molecule has 2 aliphatic heterocycles. The van der Waals surface area contributed by atoms with E-state index in [2.05, 4.69) is 0 Å². The van der Waals surface area contributed by atoms with E-state index in [0.717, 1.165) is 12.0 Å². The maximum atomic E-state index is 13.0. The van der Waals surface area contributed by atoms with Gasteiger partial charge in [0.15, 0.2) is 0 Å². The molecule has 0 N–H and O–H groups in total. The van der Waals surface area contributed by atoms with Crippen molar-refractivity contribution in [2.45, 2.75) is 58.4 Å². The monoisotopic (exact) mass is 417 g/mol. The van der Waals surface area contributed by atoms with Gasteiger partial charge in [-0.2, -0.15) is 0 Å². The first-order valence-electron chi connectivity index (χ1n) is 10.4. The third-order valence-electron chi connectivity index (χ3n) is 5.26. The zero-order valence-corrected chi connectivity index (χ0v) is 18.2. The summed E-state index contributed by atoms with van der Waals surface area (Å²) in [5.74, 6) is -0.154. The van der Waals surface area contributed by atoms with Gasteiger partial charge in [-0.1, -0.05) is 30.3 Å². The van der Waals surface area contributed by atoms with Gasteiger partial charge < -0.3 is 19.3 Å². The summed E-state index contributed by atoms with van der Waals surface area (Å²) in [6, 6.07) is 8.31. The Hall–Kier alpha value is -2.77. The highest BCUT2D eigenvalue weighted by atomic mass is 16.6. The quantitative estimate of drug-likeness (QED) is 0.756. The number of piperazine rings is 1. The van der Waals surface area contributed by atoms with Crippen molar-refractivity contribution in [2.75, 3.05) is 26.2 Å². The van der Waals surface area contributed by atoms with Gasteiger partial charge in [-0.3, -0.25) is 9.69 Å². The fraction of sp³-hybridized carbons (Fsp3) is 0.591. The van der Waals surface area contributed by atoms with Gasteiger partial charge in [0.05, 0.1) is 12.6 Å². The molecule has 3 amide bonds. The van der Waals surface area contributed by atoms with Crippen LogP contribution in [0.5, 0.6) is 0 Å². The van der Waals surface area contributed by atoms with Crippen LogP contribution in [0, 0.1) is 0 Å². The fourth-order valence-electron chi connectivity index (χ4n) is 3.51. The van der Waals surface area contributed by atoms with Gasteiger partial charge in [0.1, 0.15) is 18.2 Å². The molecule has 30 heavy (non-hydrogen) atoms. The number of ether oxygens (including phenoxy) is 2. The van der Waals surface area contributed by atoms with Crippen molar-refractivity contribution in [3.8, 4) is 0 Å². The molecule has 8 heteroatoms. The number of hydrogen-bond acceptors (Lipinski definition) is 5. The Morgan fingerprint density at radius 3 is 2.23 bits per heavy atom. The Morgan fingerprint density at radius 2 is 1.67 bits per heavy atom. The number of amides is 3. The molecule has 0 spiro atoms. The molecule has 0 saturated carbocycles. The zero-order chi connectivity index (χ0) is 21.9. The van der Waals surface area contributed by atoms with Crippen molar-refractivity contribution >= 4 is 18.1 Å². The summed E-state index contributed by atoms with van der Waals surface area (Å²) in [7, 11) is 0. The molecular formula is C22H31N3O5. The van der Waals surface area contributed by atoms with Crippen LogP contribution in [0.2, 0.25) is 0 Å². The second-order valence-corrected chi connectivity index (χ2v) is 8.87. The highest BCUT2D eigenvalue weighted by Crippen LogP contribution is 2.23. The van der Waals surface area contributed by atoms with E-state index >= 15 is 0 Å². The first kappa shape index (κ1) is 21.9. The molecule has 2 aliphatic rings. The predicted molar refractivity (Wildman–Crippen MR) is 111 cm³/mol. The van der Waals surface area contributed by atoms with Crippen LogP contribution in [-0.2, 0) is 20.9 Å². The van der Waals surface area contributed by atoms with Gasteiger partial charge in [0, 0.05) is 19.6 Å². The lowest BCUT2D eigenvalue weighted by Crippen LogP contribution is -2.66. The molecule has 8 nitrogen and oxygen atoms in total. The second kappa shape index (κ2) is 8.93. The van der Waals surface area contributed by atoms with E-state index in [0.29, 0.717) is 13.1 Å². The van der Waals surface area contributed by atoms with Crippen LogP contribution in [0.3, 0.4) is 0 Å². The van der Waals surface area contributed by atoms with E-state index in [4.69, 9.17) is 9.47 Å². The van der Waals surface area contributed by atoms with Crippen LogP contribution in [0.25, 0.3) is 0 Å². The van der Waals surface area contributed by atoms with Crippen LogP contribution in [0.15, 0.2) is 30.3 Å². The molecule has 0 aromatic heterocycles. The molecule has 2 saturated heterocycles. The maximum absolute atomic E-state index is 13.0. The van der Waals surface area contributed by atoms with E-state index in [-0.39, 0.29) is 31.6 Å². The first-order chi connectivity index (χ1) is 14.2. The standard InChI is InChI=1S/C22H31N3O5/c1-16-13-25(20(27)29-15-17-9-6-5-7-10-17)18(19(26)23-11-8-12-23)14-24(16)21(28)30-22(2,3)4/h5-7,9-10,16,18H,8,11-15H2,1-4H3/t16-,18-/m1/s1. The number of carbonyl (C=O) groups is 3. The minimum Gasteiger partial charge on any atom is -0.445 e. The van der Waals surface area contributed by atoms with E-state index < -0.39 is 23.8 Å². The van der Waals surface area contributed by atoms with E-state index in [9.17, 15) is 14.4 Å². The molecule has 0 unspecified atom stereocenters. The average molecular weight is 418 g/mol. The van der Waals surface area contributed by atoms with Gasteiger partial charge in [0.25, 0.3) is 0 Å². The highest BCUT2D eigenvalue weighted by Gasteiger charge is 2.44. The number of likely N-dealkylation sites (tertiary alicyclic amines) is 1. The Bertz CT molecular complexity index is 773. The summed E-state index contributed by atoms with van der Waals surface area (Å²) in [6.45, 7) is 9.01. The predicted octanol–water partition coefficient (Wildman–Crippen LogP) is 2.87. The Morgan fingerprint density at radius 1 is 1.00 bits per heavy atom. The molecule has 1 aromatic rings. The van der Waals surface area contributed by atoms with Crippen molar-refractivity contribution in [3.63, 3.8) is 0 Å². The van der Waals surface area contributed by atoms with Crippen molar-refractivity contribution in [3.05, 3.63) is 35.9 Å². The summed E-state index contributed by atoms with van der Waals surface area (Å²) in [4.78, 5) is 43.3. The van der Waals surface area contributed by atoms with Gasteiger partial charge >= 0.3 is 12.2 Å². The summed E-state index contributed by atoms with van der Waals surface area (Å²) in [6.07, 6.45) is -0.0783. The van der Waals surface area contributed by atoms with Crippen LogP contribution in [0.1, 0.15) is 39.7 Å². The van der Waals surface area contributed by atoms with E-state index in [1.165, 1.54) is 9.80 Å². The van der Waals surface area contributed by atoms with Crippen LogP contribution >= 0.6 is 0 Å². The van der Waals surface area contributed by atoms with Gasteiger partial charge in [-0.25, -0.2) is 9.59 Å². The number of nitrogens with zero attached hydrogens (tertiary/aromatic N) is 3. The van der Waals surface area contributed by atoms with Gasteiger partial charge in [0.2, 0.25) is 5.91 Å². The molecule has 3 rings (SSSR count). The zero-order valence-electron chi connectivity index (χ0n) is 18.2. The van der Waals surface area contributed by atoms with Gasteiger partial charge in [-0.05, 0) is 39.7 Å². The van der Waals surface area contributed by atoms with E-state index in [1.807, 2.05) is 37.3 Å². The number of rotatable bonds is 3. The summed E-state index contributed by atoms with van der Waals surface area (Å²) in [5, 5.41) is 0. The Kier molecular flexibility index (Phi) is 6.53. The molecular weight excluding hydrogens is 386 g/mol. The largest absolute Gasteiger partial charge is 0.445 e. The van der Waals surface area contributed by atoms with Gasteiger partial charge in [-0.15, -0.1) is 0 Å². The molecule has 0 aliphatic carbocycles. The molecule has 0 bridgehead atoms. The van der Waals surface area contributed by atoms with Crippen LogP contribution in [0.4, 0.5) is 9.59 Å². The highest BCUT2D eigenvalue weighted by molar-refractivity contribution is 5.87. The normalized spacial score (nSPS) is 21.7. The van der Waals surface area contributed by atoms with E-state index in [1.54, 1.807) is 25.7 Å². The number of benzene rings is 1.